The van der Waals surface area contributed by atoms with E-state index in [-0.39, 0.29) is 0 Å². The van der Waals surface area contributed by atoms with E-state index >= 15 is 0 Å². The fraction of sp³-hybridized carbons (Fsp3) is 0. The third-order valence-electron chi connectivity index (χ3n) is 7.83. The van der Waals surface area contributed by atoms with Crippen molar-refractivity contribution in [3.8, 4) is 11.4 Å². The molecule has 0 saturated carbocycles. The number of nitrogens with zero attached hydrogens (tertiary/aromatic N) is 4. The molecular weight excluding hydrogens is 496 g/mol. The summed E-state index contributed by atoms with van der Waals surface area (Å²) in [6, 6.07) is 38.8. The van der Waals surface area contributed by atoms with Crippen LogP contribution in [0.1, 0.15) is 0 Å². The van der Waals surface area contributed by atoms with E-state index in [0.29, 0.717) is 0 Å². The first-order valence-electron chi connectivity index (χ1n) is 13.0. The number of hydrogen-bond donors (Lipinski definition) is 0. The highest BCUT2D eigenvalue weighted by Crippen LogP contribution is 2.40. The van der Waals surface area contributed by atoms with Gasteiger partial charge in [-0.15, -0.1) is 11.3 Å². The van der Waals surface area contributed by atoms with Gasteiger partial charge in [0.1, 0.15) is 4.83 Å². The molecule has 5 heterocycles. The lowest BCUT2D eigenvalue weighted by Crippen LogP contribution is -1.95. The Balaban J connectivity index is 1.34. The maximum Gasteiger partial charge on any atom is 0.126 e. The molecule has 0 radical (unpaired) electrons. The van der Waals surface area contributed by atoms with Gasteiger partial charge in [-0.1, -0.05) is 72.8 Å². The van der Waals surface area contributed by atoms with Crippen molar-refractivity contribution in [2.45, 2.75) is 0 Å². The van der Waals surface area contributed by atoms with Gasteiger partial charge in [0.15, 0.2) is 0 Å². The molecule has 0 atom stereocenters. The van der Waals surface area contributed by atoms with Crippen LogP contribution in [0.4, 0.5) is 0 Å². The smallest absolute Gasteiger partial charge is 0.126 e. The molecule has 0 amide bonds. The summed E-state index contributed by atoms with van der Waals surface area (Å²) in [5.41, 5.74) is 7.92. The summed E-state index contributed by atoms with van der Waals surface area (Å²) in [5.74, 6) is 0. The summed E-state index contributed by atoms with van der Waals surface area (Å²) >= 11 is 1.71. The second kappa shape index (κ2) is 7.76. The van der Waals surface area contributed by atoms with Crippen molar-refractivity contribution in [1.29, 1.82) is 0 Å². The van der Waals surface area contributed by atoms with E-state index < -0.39 is 0 Å². The fourth-order valence-electron chi connectivity index (χ4n) is 6.20. The number of thiophene rings is 1. The van der Waals surface area contributed by atoms with Crippen molar-refractivity contribution in [2.24, 2.45) is 0 Å². The minimum atomic E-state index is 0.990. The van der Waals surface area contributed by atoms with E-state index in [1.807, 2.05) is 12.4 Å². The number of aromatic nitrogens is 4. The summed E-state index contributed by atoms with van der Waals surface area (Å²) in [4.78, 5) is 10.9. The number of hydrogen-bond acceptors (Lipinski definition) is 3. The van der Waals surface area contributed by atoms with E-state index in [1.54, 1.807) is 11.3 Å². The molecule has 5 aromatic heterocycles. The van der Waals surface area contributed by atoms with E-state index in [2.05, 4.69) is 118 Å². The Morgan fingerprint density at radius 3 is 1.59 bits per heavy atom. The Hall–Kier alpha value is -5.00. The number of para-hydroxylation sites is 4. The van der Waals surface area contributed by atoms with Crippen molar-refractivity contribution in [1.82, 2.24) is 19.1 Å². The van der Waals surface area contributed by atoms with Crippen molar-refractivity contribution < 1.29 is 0 Å². The minimum absolute atomic E-state index is 0.990. The van der Waals surface area contributed by atoms with E-state index in [0.717, 1.165) is 31.8 Å². The minimum Gasteiger partial charge on any atom is -0.308 e. The largest absolute Gasteiger partial charge is 0.308 e. The molecule has 0 saturated heterocycles. The topological polar surface area (TPSA) is 35.6 Å². The predicted molar refractivity (Wildman–Crippen MR) is 164 cm³/mol. The zero-order chi connectivity index (χ0) is 25.5. The van der Waals surface area contributed by atoms with Gasteiger partial charge in [-0.2, -0.15) is 0 Å². The molecule has 182 valence electrons. The summed E-state index contributed by atoms with van der Waals surface area (Å²) < 4.78 is 5.83. The predicted octanol–water partition coefficient (Wildman–Crippen LogP) is 9.04. The van der Waals surface area contributed by atoms with Crippen LogP contribution in [0, 0.1) is 0 Å². The average molecular weight is 517 g/mol. The van der Waals surface area contributed by atoms with Crippen LogP contribution in [0.25, 0.3) is 75.4 Å². The molecule has 4 aromatic carbocycles. The molecule has 0 fully saturated rings. The van der Waals surface area contributed by atoms with Crippen LogP contribution < -0.4 is 0 Å². The lowest BCUT2D eigenvalue weighted by atomic mass is 10.2. The molecule has 0 aliphatic carbocycles. The summed E-state index contributed by atoms with van der Waals surface area (Å²) in [7, 11) is 0. The number of pyridine rings is 2. The highest BCUT2D eigenvalue weighted by molar-refractivity contribution is 7.25. The van der Waals surface area contributed by atoms with Crippen LogP contribution in [-0.4, -0.2) is 19.1 Å². The second-order valence-corrected chi connectivity index (χ2v) is 10.9. The van der Waals surface area contributed by atoms with Crippen LogP contribution in [0.3, 0.4) is 0 Å². The molecular formula is C34H20N4S. The van der Waals surface area contributed by atoms with Crippen LogP contribution in [0.5, 0.6) is 0 Å². The van der Waals surface area contributed by atoms with Gasteiger partial charge in [0, 0.05) is 33.1 Å². The number of benzene rings is 4. The van der Waals surface area contributed by atoms with Crippen molar-refractivity contribution in [3.05, 3.63) is 122 Å². The van der Waals surface area contributed by atoms with E-state index in [1.165, 1.54) is 43.6 Å². The summed E-state index contributed by atoms with van der Waals surface area (Å²) in [5, 5.41) is 6.08. The van der Waals surface area contributed by atoms with E-state index in [9.17, 15) is 0 Å². The standard InChI is InChI=1S/C34H20N4S/c1-5-13-27-22(9-1)23-10-2-6-14-28(23)37(27)21-19-26-32-33(39-34(26)36-20-21)31(17-18-35-32)38-29-15-7-3-11-24(29)25-12-4-8-16-30(25)38/h1-20H. The second-order valence-electron chi connectivity index (χ2n) is 9.90. The maximum atomic E-state index is 4.98. The Morgan fingerprint density at radius 1 is 0.513 bits per heavy atom. The molecule has 0 N–H and O–H groups in total. The lowest BCUT2D eigenvalue weighted by Gasteiger charge is -2.09. The van der Waals surface area contributed by atoms with Gasteiger partial charge < -0.3 is 9.13 Å². The van der Waals surface area contributed by atoms with Gasteiger partial charge in [-0.25, -0.2) is 4.98 Å². The number of rotatable bonds is 2. The highest BCUT2D eigenvalue weighted by atomic mass is 32.1. The maximum absolute atomic E-state index is 4.98. The van der Waals surface area contributed by atoms with Crippen molar-refractivity contribution in [3.63, 3.8) is 0 Å². The van der Waals surface area contributed by atoms with Gasteiger partial charge in [0.2, 0.25) is 0 Å². The summed E-state index contributed by atoms with van der Waals surface area (Å²) in [6.45, 7) is 0. The van der Waals surface area contributed by atoms with Gasteiger partial charge in [0.25, 0.3) is 0 Å². The quantitative estimate of drug-likeness (QED) is 0.230. The molecule has 9 rings (SSSR count). The van der Waals surface area contributed by atoms with Gasteiger partial charge >= 0.3 is 0 Å². The number of fused-ring (bicyclic) bond motifs is 9. The first-order chi connectivity index (χ1) is 19.4. The van der Waals surface area contributed by atoms with Crippen LogP contribution in [0.15, 0.2) is 122 Å². The van der Waals surface area contributed by atoms with Crippen molar-refractivity contribution >= 4 is 75.4 Å². The molecule has 4 nitrogen and oxygen atoms in total. The van der Waals surface area contributed by atoms with Crippen LogP contribution in [-0.2, 0) is 0 Å². The molecule has 0 bridgehead atoms. The zero-order valence-electron chi connectivity index (χ0n) is 20.7. The monoisotopic (exact) mass is 516 g/mol. The van der Waals surface area contributed by atoms with Crippen LogP contribution >= 0.6 is 11.3 Å². The van der Waals surface area contributed by atoms with Gasteiger partial charge in [0.05, 0.1) is 49.9 Å². The molecule has 0 aliphatic rings. The Bertz CT molecular complexity index is 2300. The molecule has 39 heavy (non-hydrogen) atoms. The molecule has 9 aromatic rings. The van der Waals surface area contributed by atoms with E-state index in [4.69, 9.17) is 9.97 Å². The third kappa shape index (κ3) is 2.82. The first-order valence-corrected chi connectivity index (χ1v) is 13.8. The Kier molecular flexibility index (Phi) is 4.18. The molecule has 0 aliphatic heterocycles. The summed E-state index contributed by atoms with van der Waals surface area (Å²) in [6.07, 6.45) is 3.93. The molecule has 0 unspecified atom stereocenters. The molecule has 5 heteroatoms. The van der Waals surface area contributed by atoms with Crippen LogP contribution in [0.2, 0.25) is 0 Å². The van der Waals surface area contributed by atoms with Crippen molar-refractivity contribution in [2.75, 3.05) is 0 Å². The first kappa shape index (κ1) is 21.0. The highest BCUT2D eigenvalue weighted by Gasteiger charge is 2.18. The normalized spacial score (nSPS) is 12.1. The van der Waals surface area contributed by atoms with Gasteiger partial charge in [-0.05, 0) is 36.4 Å². The molecule has 0 spiro atoms. The fourth-order valence-corrected chi connectivity index (χ4v) is 7.29. The Labute approximate surface area is 227 Å². The zero-order valence-corrected chi connectivity index (χ0v) is 21.6. The lowest BCUT2D eigenvalue weighted by molar-refractivity contribution is 1.16. The average Bonchev–Trinajstić information content (AvgIpc) is 3.65. The third-order valence-corrected chi connectivity index (χ3v) is 8.96. The Morgan fingerprint density at radius 2 is 1.03 bits per heavy atom. The van der Waals surface area contributed by atoms with Gasteiger partial charge in [-0.3, -0.25) is 4.98 Å². The SMILES string of the molecule is c1ccc2c(c1)c1ccccc1n2-c1cnc2sc3c(-n4c5ccccc5c5ccccc54)ccnc3c2c1.